The molecular weight excluding hydrogens is 242 g/mol. The minimum absolute atomic E-state index is 0.552. The van der Waals surface area contributed by atoms with E-state index in [-0.39, 0.29) is 0 Å². The summed E-state index contributed by atoms with van der Waals surface area (Å²) < 4.78 is 16.5. The number of para-hydroxylation sites is 1. The van der Waals surface area contributed by atoms with E-state index < -0.39 is 0 Å². The van der Waals surface area contributed by atoms with Gasteiger partial charge in [0.1, 0.15) is 0 Å². The van der Waals surface area contributed by atoms with Gasteiger partial charge in [-0.05, 0) is 18.9 Å². The molecule has 106 valence electrons. The van der Waals surface area contributed by atoms with Crippen LogP contribution in [0.5, 0.6) is 11.5 Å². The van der Waals surface area contributed by atoms with Gasteiger partial charge in [0.25, 0.3) is 0 Å². The van der Waals surface area contributed by atoms with Gasteiger partial charge in [-0.15, -0.1) is 0 Å². The van der Waals surface area contributed by atoms with Crippen LogP contribution >= 0.6 is 0 Å². The molecule has 0 N–H and O–H groups in total. The molecule has 0 unspecified atom stereocenters. The highest BCUT2D eigenvalue weighted by atomic mass is 16.5. The molecule has 1 aliphatic heterocycles. The fraction of sp³-hybridized carbons (Fsp3) is 0.600. The second kappa shape index (κ2) is 7.36. The van der Waals surface area contributed by atoms with E-state index in [9.17, 15) is 0 Å². The quantitative estimate of drug-likeness (QED) is 0.791. The SMILES string of the molecule is COc1cccc(COCN2CCCCC2)c1OC. The molecule has 0 radical (unpaired) electrons. The smallest absolute Gasteiger partial charge is 0.166 e. The Labute approximate surface area is 115 Å². The van der Waals surface area contributed by atoms with E-state index in [0.29, 0.717) is 13.3 Å². The van der Waals surface area contributed by atoms with Crippen LogP contribution in [-0.4, -0.2) is 38.9 Å². The minimum atomic E-state index is 0.552. The lowest BCUT2D eigenvalue weighted by Crippen LogP contribution is -2.31. The summed E-state index contributed by atoms with van der Waals surface area (Å²) in [5.41, 5.74) is 1.03. The molecule has 19 heavy (non-hydrogen) atoms. The second-order valence-corrected chi connectivity index (χ2v) is 4.81. The van der Waals surface area contributed by atoms with Crippen molar-refractivity contribution in [2.45, 2.75) is 25.9 Å². The molecular formula is C15H23NO3. The predicted molar refractivity (Wildman–Crippen MR) is 74.6 cm³/mol. The summed E-state index contributed by atoms with van der Waals surface area (Å²) in [4.78, 5) is 2.36. The average Bonchev–Trinajstić information content (AvgIpc) is 2.48. The molecule has 4 heteroatoms. The second-order valence-electron chi connectivity index (χ2n) is 4.81. The summed E-state index contributed by atoms with van der Waals surface area (Å²) in [7, 11) is 3.31. The fourth-order valence-corrected chi connectivity index (χ4v) is 2.44. The third-order valence-corrected chi connectivity index (χ3v) is 3.46. The van der Waals surface area contributed by atoms with Crippen LogP contribution in [0.25, 0.3) is 0 Å². The molecule has 0 saturated carbocycles. The highest BCUT2D eigenvalue weighted by Crippen LogP contribution is 2.31. The number of likely N-dealkylation sites (tertiary alicyclic amines) is 1. The zero-order chi connectivity index (χ0) is 13.5. The predicted octanol–water partition coefficient (Wildman–Crippen LogP) is 2.66. The molecule has 1 heterocycles. The number of benzene rings is 1. The standard InChI is InChI=1S/C15H23NO3/c1-17-14-8-6-7-13(15(14)18-2)11-19-12-16-9-4-3-5-10-16/h6-8H,3-5,9-12H2,1-2H3. The molecule has 0 spiro atoms. The Morgan fingerprint density at radius 3 is 2.53 bits per heavy atom. The first kappa shape index (κ1) is 14.2. The van der Waals surface area contributed by atoms with Crippen LogP contribution in [0, 0.1) is 0 Å². The molecule has 0 amide bonds. The maximum absolute atomic E-state index is 5.79. The van der Waals surface area contributed by atoms with Gasteiger partial charge in [0, 0.05) is 18.7 Å². The molecule has 0 aliphatic carbocycles. The summed E-state index contributed by atoms with van der Waals surface area (Å²) >= 11 is 0. The van der Waals surface area contributed by atoms with Crippen LogP contribution in [0.1, 0.15) is 24.8 Å². The van der Waals surface area contributed by atoms with Gasteiger partial charge in [-0.3, -0.25) is 4.90 Å². The number of rotatable bonds is 6. The molecule has 0 aromatic heterocycles. The lowest BCUT2D eigenvalue weighted by atomic mass is 10.1. The molecule has 2 rings (SSSR count). The van der Waals surface area contributed by atoms with Crippen molar-refractivity contribution in [2.24, 2.45) is 0 Å². The Morgan fingerprint density at radius 1 is 1.05 bits per heavy atom. The molecule has 0 atom stereocenters. The van der Waals surface area contributed by atoms with Crippen molar-refractivity contribution in [1.82, 2.24) is 4.90 Å². The van der Waals surface area contributed by atoms with Crippen LogP contribution in [0.3, 0.4) is 0 Å². The number of hydrogen-bond acceptors (Lipinski definition) is 4. The molecule has 1 aliphatic rings. The van der Waals surface area contributed by atoms with Crippen molar-refractivity contribution in [2.75, 3.05) is 34.0 Å². The topological polar surface area (TPSA) is 30.9 Å². The van der Waals surface area contributed by atoms with Crippen molar-refractivity contribution in [3.8, 4) is 11.5 Å². The average molecular weight is 265 g/mol. The molecule has 1 aromatic carbocycles. The number of nitrogens with zero attached hydrogens (tertiary/aromatic N) is 1. The van der Waals surface area contributed by atoms with Crippen LogP contribution in [0.2, 0.25) is 0 Å². The number of piperidine rings is 1. The van der Waals surface area contributed by atoms with E-state index in [1.807, 2.05) is 18.2 Å². The van der Waals surface area contributed by atoms with Gasteiger partial charge in [0.05, 0.1) is 27.6 Å². The van der Waals surface area contributed by atoms with Crippen molar-refractivity contribution >= 4 is 0 Å². The van der Waals surface area contributed by atoms with Crippen LogP contribution < -0.4 is 9.47 Å². The van der Waals surface area contributed by atoms with Crippen molar-refractivity contribution in [3.63, 3.8) is 0 Å². The molecule has 1 fully saturated rings. The Balaban J connectivity index is 1.88. The Bertz CT molecular complexity index is 389. The third-order valence-electron chi connectivity index (χ3n) is 3.46. The summed E-state index contributed by atoms with van der Waals surface area (Å²) in [6, 6.07) is 5.87. The van der Waals surface area contributed by atoms with E-state index in [1.165, 1.54) is 19.3 Å². The Kier molecular flexibility index (Phi) is 5.48. The normalized spacial score (nSPS) is 16.3. The van der Waals surface area contributed by atoms with Gasteiger partial charge in [-0.2, -0.15) is 0 Å². The van der Waals surface area contributed by atoms with Gasteiger partial charge in [-0.1, -0.05) is 18.6 Å². The Hall–Kier alpha value is -1.26. The first-order valence-electron chi connectivity index (χ1n) is 6.85. The van der Waals surface area contributed by atoms with Crippen LogP contribution in [0.15, 0.2) is 18.2 Å². The van der Waals surface area contributed by atoms with Gasteiger partial charge in [-0.25, -0.2) is 0 Å². The van der Waals surface area contributed by atoms with Gasteiger partial charge < -0.3 is 14.2 Å². The first-order valence-corrected chi connectivity index (χ1v) is 6.85. The maximum Gasteiger partial charge on any atom is 0.166 e. The summed E-state index contributed by atoms with van der Waals surface area (Å²) in [6.07, 6.45) is 3.91. The van der Waals surface area contributed by atoms with Gasteiger partial charge in [0.2, 0.25) is 0 Å². The van der Waals surface area contributed by atoms with Gasteiger partial charge in [0.15, 0.2) is 11.5 Å². The number of methoxy groups -OCH3 is 2. The first-order chi connectivity index (χ1) is 9.35. The lowest BCUT2D eigenvalue weighted by Gasteiger charge is -2.26. The number of ether oxygens (including phenoxy) is 3. The summed E-state index contributed by atoms with van der Waals surface area (Å²) in [6.45, 7) is 3.54. The third kappa shape index (κ3) is 3.85. The molecule has 1 aromatic rings. The molecule has 0 bridgehead atoms. The van der Waals surface area contributed by atoms with Crippen molar-refractivity contribution in [3.05, 3.63) is 23.8 Å². The van der Waals surface area contributed by atoms with Crippen molar-refractivity contribution < 1.29 is 14.2 Å². The van der Waals surface area contributed by atoms with Crippen LogP contribution in [-0.2, 0) is 11.3 Å². The van der Waals surface area contributed by atoms with Crippen molar-refractivity contribution in [1.29, 1.82) is 0 Å². The van der Waals surface area contributed by atoms with E-state index in [2.05, 4.69) is 4.90 Å². The largest absolute Gasteiger partial charge is 0.493 e. The Morgan fingerprint density at radius 2 is 1.84 bits per heavy atom. The molecule has 1 saturated heterocycles. The highest BCUT2D eigenvalue weighted by Gasteiger charge is 2.12. The number of hydrogen-bond donors (Lipinski definition) is 0. The van der Waals surface area contributed by atoms with E-state index in [0.717, 1.165) is 30.2 Å². The fourth-order valence-electron chi connectivity index (χ4n) is 2.44. The minimum Gasteiger partial charge on any atom is -0.493 e. The van der Waals surface area contributed by atoms with E-state index >= 15 is 0 Å². The van der Waals surface area contributed by atoms with Crippen LogP contribution in [0.4, 0.5) is 0 Å². The van der Waals surface area contributed by atoms with Gasteiger partial charge >= 0.3 is 0 Å². The monoisotopic (exact) mass is 265 g/mol. The molecule has 4 nitrogen and oxygen atoms in total. The highest BCUT2D eigenvalue weighted by molar-refractivity contribution is 5.46. The van der Waals surface area contributed by atoms with E-state index in [1.54, 1.807) is 14.2 Å². The summed E-state index contributed by atoms with van der Waals surface area (Å²) in [5, 5.41) is 0. The summed E-state index contributed by atoms with van der Waals surface area (Å²) in [5.74, 6) is 1.52. The van der Waals surface area contributed by atoms with E-state index in [4.69, 9.17) is 14.2 Å². The zero-order valence-corrected chi connectivity index (χ0v) is 11.9. The zero-order valence-electron chi connectivity index (χ0n) is 11.9. The lowest BCUT2D eigenvalue weighted by molar-refractivity contribution is 0.00902. The maximum atomic E-state index is 5.79.